The quantitative estimate of drug-likeness (QED) is 0.305. The standard InChI is InChI=1S/C14H24O2.C13H24O.2C6H12O/c1-9(15)11-7-10(14(11,5)6)8-12(16)13(2,3)4;1-9-7-10(13(9,5)6)8-11(14)12(2,3)4;2*1-5(7)6(2,3)4/h10-11H,7-8H2,1-6H3;9-10H,7-8H2,1-6H3;2*1-4H3. The van der Waals surface area contributed by atoms with Gasteiger partial charge in [0.25, 0.3) is 0 Å². The zero-order valence-electron chi connectivity index (χ0n) is 32.7. The third-order valence-corrected chi connectivity index (χ3v) is 10.6. The summed E-state index contributed by atoms with van der Waals surface area (Å²) in [4.78, 5) is 56.1. The van der Waals surface area contributed by atoms with E-state index in [1.54, 1.807) is 20.8 Å². The van der Waals surface area contributed by atoms with Gasteiger partial charge in [-0.15, -0.1) is 0 Å². The van der Waals surface area contributed by atoms with Crippen LogP contribution in [0.1, 0.15) is 164 Å². The summed E-state index contributed by atoms with van der Waals surface area (Å²) in [5, 5.41) is 0. The van der Waals surface area contributed by atoms with Gasteiger partial charge in [0.2, 0.25) is 0 Å². The average molecular weight is 621 g/mol. The van der Waals surface area contributed by atoms with Crippen LogP contribution in [0.3, 0.4) is 0 Å². The predicted molar refractivity (Wildman–Crippen MR) is 186 cm³/mol. The summed E-state index contributed by atoms with van der Waals surface area (Å²) in [6.07, 6.45) is 3.53. The van der Waals surface area contributed by atoms with Crippen molar-refractivity contribution >= 4 is 28.9 Å². The van der Waals surface area contributed by atoms with Crippen LogP contribution < -0.4 is 0 Å². The van der Waals surface area contributed by atoms with Crippen LogP contribution in [0, 0.1) is 56.2 Å². The highest BCUT2D eigenvalue weighted by molar-refractivity contribution is 5.85. The van der Waals surface area contributed by atoms with E-state index in [1.165, 1.54) is 6.42 Å². The second-order valence-corrected chi connectivity index (χ2v) is 18.9. The molecule has 2 aliphatic carbocycles. The average Bonchev–Trinajstić information content (AvgIpc) is 2.79. The minimum absolute atomic E-state index is 0.00669. The molecule has 2 fully saturated rings. The fourth-order valence-electron chi connectivity index (χ4n) is 4.73. The molecule has 2 saturated carbocycles. The van der Waals surface area contributed by atoms with Crippen LogP contribution in [0.5, 0.6) is 0 Å². The van der Waals surface area contributed by atoms with E-state index in [4.69, 9.17) is 0 Å². The lowest BCUT2D eigenvalue weighted by molar-refractivity contribution is -0.142. The van der Waals surface area contributed by atoms with Crippen LogP contribution in [0.2, 0.25) is 0 Å². The van der Waals surface area contributed by atoms with Gasteiger partial charge in [-0.3, -0.25) is 24.0 Å². The first-order valence-electron chi connectivity index (χ1n) is 16.7. The lowest BCUT2D eigenvalue weighted by Gasteiger charge is -2.51. The Morgan fingerprint density at radius 2 is 0.795 bits per heavy atom. The Morgan fingerprint density at radius 1 is 0.523 bits per heavy atom. The molecule has 0 saturated heterocycles. The van der Waals surface area contributed by atoms with E-state index in [0.29, 0.717) is 35.2 Å². The number of Topliss-reactive ketones (excluding diaryl/α,β-unsaturated/α-hetero) is 5. The zero-order chi connectivity index (χ0) is 36.0. The molecule has 258 valence electrons. The van der Waals surface area contributed by atoms with E-state index in [0.717, 1.165) is 18.8 Å². The molecule has 4 unspecified atom stereocenters. The Hall–Kier alpha value is -1.65. The summed E-state index contributed by atoms with van der Waals surface area (Å²) in [6, 6.07) is 0. The molecule has 2 rings (SSSR count). The molecule has 5 heteroatoms. The lowest BCUT2D eigenvalue weighted by Crippen LogP contribution is -2.49. The highest BCUT2D eigenvalue weighted by Gasteiger charge is 2.51. The highest BCUT2D eigenvalue weighted by atomic mass is 16.1. The van der Waals surface area contributed by atoms with Crippen molar-refractivity contribution in [1.29, 1.82) is 0 Å². The van der Waals surface area contributed by atoms with Gasteiger partial charge in [0.05, 0.1) is 0 Å². The number of carbonyl (C=O) groups is 5. The van der Waals surface area contributed by atoms with Gasteiger partial charge in [-0.05, 0) is 62.2 Å². The smallest absolute Gasteiger partial charge is 0.138 e. The van der Waals surface area contributed by atoms with Crippen LogP contribution in [0.15, 0.2) is 0 Å². The van der Waals surface area contributed by atoms with Crippen LogP contribution in [-0.2, 0) is 24.0 Å². The van der Waals surface area contributed by atoms with E-state index in [2.05, 4.69) is 34.6 Å². The Balaban J connectivity index is 0. The molecule has 0 aliphatic heterocycles. The summed E-state index contributed by atoms with van der Waals surface area (Å²) in [7, 11) is 0. The Bertz CT molecular complexity index is 975. The molecule has 0 amide bonds. The van der Waals surface area contributed by atoms with Crippen LogP contribution in [-0.4, -0.2) is 28.9 Å². The number of ketones is 5. The summed E-state index contributed by atoms with van der Waals surface area (Å²) in [5.41, 5.74) is -0.306. The van der Waals surface area contributed by atoms with E-state index in [1.807, 2.05) is 83.1 Å². The third-order valence-electron chi connectivity index (χ3n) is 10.6. The second-order valence-electron chi connectivity index (χ2n) is 18.9. The summed E-state index contributed by atoms with van der Waals surface area (Å²) in [6.45, 7) is 39.4. The van der Waals surface area contributed by atoms with E-state index < -0.39 is 0 Å². The van der Waals surface area contributed by atoms with Crippen molar-refractivity contribution in [3.8, 4) is 0 Å². The second kappa shape index (κ2) is 15.8. The molecule has 0 aromatic heterocycles. The van der Waals surface area contributed by atoms with Gasteiger partial charge in [0.15, 0.2) is 0 Å². The monoisotopic (exact) mass is 621 g/mol. The number of hydrogen-bond acceptors (Lipinski definition) is 5. The molecular weight excluding hydrogens is 548 g/mol. The molecule has 0 heterocycles. The SMILES string of the molecule is CC(=O)C(C)(C)C.CC(=O)C(C)(C)C.CC(=O)C1CC(CC(=O)C(C)(C)C)C1(C)C.CC1CC(CC(=O)C(C)(C)C)C1(C)C. The number of hydrogen-bond donors (Lipinski definition) is 0. The molecule has 0 aromatic rings. The molecule has 44 heavy (non-hydrogen) atoms. The van der Waals surface area contributed by atoms with Crippen molar-refractivity contribution in [3.63, 3.8) is 0 Å². The molecule has 5 nitrogen and oxygen atoms in total. The zero-order valence-corrected chi connectivity index (χ0v) is 32.7. The number of rotatable bonds is 5. The van der Waals surface area contributed by atoms with E-state index in [-0.39, 0.29) is 50.3 Å². The maximum Gasteiger partial charge on any atom is 0.138 e. The number of carbonyl (C=O) groups excluding carboxylic acids is 5. The van der Waals surface area contributed by atoms with Crippen molar-refractivity contribution in [3.05, 3.63) is 0 Å². The van der Waals surface area contributed by atoms with Crippen molar-refractivity contribution in [2.75, 3.05) is 0 Å². The lowest BCUT2D eigenvalue weighted by atomic mass is 9.52. The normalized spacial score (nSPS) is 23.8. The largest absolute Gasteiger partial charge is 0.300 e. The van der Waals surface area contributed by atoms with Crippen molar-refractivity contribution in [1.82, 2.24) is 0 Å². The first kappa shape index (κ1) is 44.5. The molecule has 0 spiro atoms. The van der Waals surface area contributed by atoms with Gasteiger partial charge in [0, 0.05) is 40.4 Å². The van der Waals surface area contributed by atoms with Crippen molar-refractivity contribution < 1.29 is 24.0 Å². The van der Waals surface area contributed by atoms with E-state index >= 15 is 0 Å². The van der Waals surface area contributed by atoms with Gasteiger partial charge < -0.3 is 0 Å². The van der Waals surface area contributed by atoms with E-state index in [9.17, 15) is 24.0 Å². The van der Waals surface area contributed by atoms with Crippen molar-refractivity contribution in [2.24, 2.45) is 56.2 Å². The first-order chi connectivity index (χ1) is 19.1. The molecule has 4 atom stereocenters. The topological polar surface area (TPSA) is 85.3 Å². The van der Waals surface area contributed by atoms with Gasteiger partial charge in [-0.1, -0.05) is 118 Å². The molecule has 0 radical (unpaired) electrons. The van der Waals surface area contributed by atoms with Gasteiger partial charge in [-0.25, -0.2) is 0 Å². The highest BCUT2D eigenvalue weighted by Crippen LogP contribution is 2.54. The fraction of sp³-hybridized carbons (Fsp3) is 0.872. The first-order valence-corrected chi connectivity index (χ1v) is 16.7. The third kappa shape index (κ3) is 14.2. The Labute approximate surface area is 272 Å². The van der Waals surface area contributed by atoms with Crippen LogP contribution >= 0.6 is 0 Å². The molecule has 0 aromatic carbocycles. The summed E-state index contributed by atoms with van der Waals surface area (Å²) in [5.74, 6) is 3.42. The van der Waals surface area contributed by atoms with Gasteiger partial charge in [-0.2, -0.15) is 0 Å². The van der Waals surface area contributed by atoms with Gasteiger partial charge in [0.1, 0.15) is 28.9 Å². The Kier molecular flexibility index (Phi) is 15.9. The van der Waals surface area contributed by atoms with Crippen LogP contribution in [0.4, 0.5) is 0 Å². The minimum Gasteiger partial charge on any atom is -0.300 e. The molecule has 0 N–H and O–H groups in total. The summed E-state index contributed by atoms with van der Waals surface area (Å²) < 4.78 is 0. The molecule has 2 aliphatic rings. The van der Waals surface area contributed by atoms with Crippen molar-refractivity contribution in [2.45, 2.75) is 164 Å². The summed E-state index contributed by atoms with van der Waals surface area (Å²) >= 11 is 0. The fourth-order valence-corrected chi connectivity index (χ4v) is 4.73. The maximum atomic E-state index is 11.9. The predicted octanol–water partition coefficient (Wildman–Crippen LogP) is 10.2. The van der Waals surface area contributed by atoms with Gasteiger partial charge >= 0.3 is 0 Å². The van der Waals surface area contributed by atoms with Crippen LogP contribution in [0.25, 0.3) is 0 Å². The minimum atomic E-state index is -0.253. The maximum absolute atomic E-state index is 11.9. The molecule has 0 bridgehead atoms. The Morgan fingerprint density at radius 3 is 0.955 bits per heavy atom. The molecular formula is C39H72O5.